The lowest BCUT2D eigenvalue weighted by molar-refractivity contribution is 0.699. The van der Waals surface area contributed by atoms with Crippen molar-refractivity contribution in [3.05, 3.63) is 11.8 Å². The standard InChI is InChI=1S/C6H11N.C2H6/c1-6-3-2-4-7-5-6;1-2/h5,7H,2-4H2,1H3;1-2H3. The van der Waals surface area contributed by atoms with E-state index >= 15 is 0 Å². The SMILES string of the molecule is CC.CC1=CNCCC1. The summed E-state index contributed by atoms with van der Waals surface area (Å²) in [6.45, 7) is 7.32. The van der Waals surface area contributed by atoms with Crippen LogP contribution in [0.4, 0.5) is 0 Å². The summed E-state index contributed by atoms with van der Waals surface area (Å²) in [5.41, 5.74) is 1.48. The molecule has 0 saturated carbocycles. The lowest BCUT2D eigenvalue weighted by Crippen LogP contribution is -2.12. The molecule has 1 nitrogen and oxygen atoms in total. The Morgan fingerprint density at radius 3 is 2.33 bits per heavy atom. The Kier molecular flexibility index (Phi) is 5.38. The molecule has 1 rings (SSSR count). The van der Waals surface area contributed by atoms with Gasteiger partial charge in [0.05, 0.1) is 0 Å². The van der Waals surface area contributed by atoms with E-state index in [9.17, 15) is 0 Å². The van der Waals surface area contributed by atoms with Gasteiger partial charge < -0.3 is 5.32 Å². The highest BCUT2D eigenvalue weighted by Crippen LogP contribution is 2.04. The normalized spacial score (nSPS) is 16.6. The lowest BCUT2D eigenvalue weighted by Gasteiger charge is -2.08. The van der Waals surface area contributed by atoms with Gasteiger partial charge in [-0.25, -0.2) is 0 Å². The third-order valence-corrected chi connectivity index (χ3v) is 1.24. The summed E-state index contributed by atoms with van der Waals surface area (Å²) < 4.78 is 0. The van der Waals surface area contributed by atoms with Crippen molar-refractivity contribution >= 4 is 0 Å². The fraction of sp³-hybridized carbons (Fsp3) is 0.750. The van der Waals surface area contributed by atoms with Gasteiger partial charge in [-0.1, -0.05) is 19.4 Å². The molecule has 54 valence electrons. The molecule has 0 aromatic carbocycles. The molecular weight excluding hydrogens is 110 g/mol. The Bertz CT molecular complexity index is 84.6. The maximum atomic E-state index is 3.17. The molecule has 1 heteroatoms. The van der Waals surface area contributed by atoms with Gasteiger partial charge in [0.2, 0.25) is 0 Å². The maximum Gasteiger partial charge on any atom is 0.0144 e. The predicted octanol–water partition coefficient (Wildman–Crippen LogP) is 2.30. The molecule has 0 aliphatic carbocycles. The van der Waals surface area contributed by atoms with Gasteiger partial charge in [0, 0.05) is 6.54 Å². The van der Waals surface area contributed by atoms with Crippen LogP contribution in [0.3, 0.4) is 0 Å². The number of nitrogens with one attached hydrogen (secondary N) is 1. The molecule has 0 bridgehead atoms. The highest BCUT2D eigenvalue weighted by atomic mass is 14.8. The molecule has 0 saturated heterocycles. The first-order valence-electron chi connectivity index (χ1n) is 3.78. The second-order valence-electron chi connectivity index (χ2n) is 2.05. The summed E-state index contributed by atoms with van der Waals surface area (Å²) in [7, 11) is 0. The molecule has 1 aliphatic heterocycles. The van der Waals surface area contributed by atoms with Crippen molar-refractivity contribution in [3.63, 3.8) is 0 Å². The average Bonchev–Trinajstić information content (AvgIpc) is 1.94. The highest BCUT2D eigenvalue weighted by Gasteiger charge is 1.93. The van der Waals surface area contributed by atoms with Gasteiger partial charge in [0.1, 0.15) is 0 Å². The molecule has 1 N–H and O–H groups in total. The summed E-state index contributed by atoms with van der Waals surface area (Å²) in [5, 5.41) is 3.17. The molecule has 0 aromatic rings. The van der Waals surface area contributed by atoms with Crippen LogP contribution in [0.5, 0.6) is 0 Å². The third-order valence-electron chi connectivity index (χ3n) is 1.24. The van der Waals surface area contributed by atoms with Crippen molar-refractivity contribution in [2.24, 2.45) is 0 Å². The van der Waals surface area contributed by atoms with Crippen molar-refractivity contribution in [1.29, 1.82) is 0 Å². The minimum absolute atomic E-state index is 1.16. The zero-order chi connectivity index (χ0) is 7.11. The van der Waals surface area contributed by atoms with Gasteiger partial charge in [-0.2, -0.15) is 0 Å². The van der Waals surface area contributed by atoms with Crippen LogP contribution in [0, 0.1) is 0 Å². The zero-order valence-electron chi connectivity index (χ0n) is 6.70. The Morgan fingerprint density at radius 1 is 1.44 bits per heavy atom. The molecule has 9 heavy (non-hydrogen) atoms. The number of hydrogen-bond donors (Lipinski definition) is 1. The first kappa shape index (κ1) is 8.54. The Hall–Kier alpha value is -0.460. The van der Waals surface area contributed by atoms with E-state index in [1.54, 1.807) is 0 Å². The van der Waals surface area contributed by atoms with E-state index in [1.165, 1.54) is 18.4 Å². The largest absolute Gasteiger partial charge is 0.391 e. The summed E-state index contributed by atoms with van der Waals surface area (Å²) >= 11 is 0. The van der Waals surface area contributed by atoms with Gasteiger partial charge in [0.15, 0.2) is 0 Å². The topological polar surface area (TPSA) is 12.0 Å². The van der Waals surface area contributed by atoms with Crippen molar-refractivity contribution in [1.82, 2.24) is 5.32 Å². The first-order valence-corrected chi connectivity index (χ1v) is 3.78. The van der Waals surface area contributed by atoms with Crippen LogP contribution in [-0.4, -0.2) is 6.54 Å². The van der Waals surface area contributed by atoms with Crippen molar-refractivity contribution in [2.75, 3.05) is 6.54 Å². The fourth-order valence-corrected chi connectivity index (χ4v) is 0.788. The maximum absolute atomic E-state index is 3.17. The van der Waals surface area contributed by atoms with Gasteiger partial charge in [0.25, 0.3) is 0 Å². The summed E-state index contributed by atoms with van der Waals surface area (Å²) in [6.07, 6.45) is 4.69. The van der Waals surface area contributed by atoms with Crippen LogP contribution < -0.4 is 5.32 Å². The van der Waals surface area contributed by atoms with Crippen LogP contribution in [0.2, 0.25) is 0 Å². The first-order chi connectivity index (χ1) is 4.39. The van der Waals surface area contributed by atoms with E-state index in [-0.39, 0.29) is 0 Å². The fourth-order valence-electron chi connectivity index (χ4n) is 0.788. The van der Waals surface area contributed by atoms with Gasteiger partial charge in [-0.3, -0.25) is 0 Å². The van der Waals surface area contributed by atoms with Crippen LogP contribution >= 0.6 is 0 Å². The van der Waals surface area contributed by atoms with E-state index in [2.05, 4.69) is 18.4 Å². The van der Waals surface area contributed by atoms with Crippen molar-refractivity contribution in [3.8, 4) is 0 Å². The summed E-state index contributed by atoms with van der Waals surface area (Å²) in [5.74, 6) is 0. The van der Waals surface area contributed by atoms with Crippen LogP contribution in [0.1, 0.15) is 33.6 Å². The average molecular weight is 127 g/mol. The van der Waals surface area contributed by atoms with Crippen LogP contribution in [-0.2, 0) is 0 Å². The Balaban J connectivity index is 0.000000291. The third kappa shape index (κ3) is 4.07. The van der Waals surface area contributed by atoms with Crippen molar-refractivity contribution < 1.29 is 0 Å². The molecule has 0 radical (unpaired) electrons. The second-order valence-corrected chi connectivity index (χ2v) is 2.05. The zero-order valence-corrected chi connectivity index (χ0v) is 6.70. The van der Waals surface area contributed by atoms with Gasteiger partial charge >= 0.3 is 0 Å². The Labute approximate surface area is 58.2 Å². The number of allylic oxidation sites excluding steroid dienone is 1. The lowest BCUT2D eigenvalue weighted by atomic mass is 10.1. The Morgan fingerprint density at radius 2 is 2.11 bits per heavy atom. The second kappa shape index (κ2) is 5.67. The van der Waals surface area contributed by atoms with Gasteiger partial charge in [-0.15, -0.1) is 0 Å². The van der Waals surface area contributed by atoms with Crippen molar-refractivity contribution in [2.45, 2.75) is 33.6 Å². The number of hydrogen-bond acceptors (Lipinski definition) is 1. The molecule has 0 fully saturated rings. The quantitative estimate of drug-likeness (QED) is 0.526. The number of rotatable bonds is 0. The molecule has 0 aromatic heterocycles. The predicted molar refractivity (Wildman–Crippen MR) is 42.3 cm³/mol. The molecule has 0 spiro atoms. The summed E-state index contributed by atoms with van der Waals surface area (Å²) in [6, 6.07) is 0. The van der Waals surface area contributed by atoms with E-state index < -0.39 is 0 Å². The molecule has 1 heterocycles. The van der Waals surface area contributed by atoms with Gasteiger partial charge in [-0.05, 0) is 26.0 Å². The van der Waals surface area contributed by atoms with Crippen LogP contribution in [0.15, 0.2) is 11.8 Å². The smallest absolute Gasteiger partial charge is 0.0144 e. The molecule has 0 atom stereocenters. The molecule has 1 aliphatic rings. The van der Waals surface area contributed by atoms with E-state index in [0.29, 0.717) is 0 Å². The highest BCUT2D eigenvalue weighted by molar-refractivity contribution is 4.99. The van der Waals surface area contributed by atoms with Crippen LogP contribution in [0.25, 0.3) is 0 Å². The van der Waals surface area contributed by atoms with E-state index in [0.717, 1.165) is 6.54 Å². The summed E-state index contributed by atoms with van der Waals surface area (Å²) in [4.78, 5) is 0. The van der Waals surface area contributed by atoms with E-state index in [4.69, 9.17) is 0 Å². The van der Waals surface area contributed by atoms with E-state index in [1.807, 2.05) is 13.8 Å². The molecule has 0 amide bonds. The monoisotopic (exact) mass is 127 g/mol. The molecule has 0 unspecified atom stereocenters. The molecular formula is C8H17N. The minimum atomic E-state index is 1.16. The minimum Gasteiger partial charge on any atom is -0.391 e.